The van der Waals surface area contributed by atoms with Crippen LogP contribution in [0.2, 0.25) is 0 Å². The molecule has 0 saturated heterocycles. The van der Waals surface area contributed by atoms with Crippen molar-refractivity contribution in [3.8, 4) is 0 Å². The summed E-state index contributed by atoms with van der Waals surface area (Å²) in [4.78, 5) is 30.2. The number of nitrogens with zero attached hydrogens (tertiary/aromatic N) is 1. The van der Waals surface area contributed by atoms with E-state index in [2.05, 4.69) is 9.97 Å². The lowest BCUT2D eigenvalue weighted by molar-refractivity contribution is -0.142. The van der Waals surface area contributed by atoms with Crippen molar-refractivity contribution in [3.05, 3.63) is 21.6 Å². The lowest BCUT2D eigenvalue weighted by Gasteiger charge is -2.10. The Balaban J connectivity index is 2.86. The van der Waals surface area contributed by atoms with Crippen molar-refractivity contribution < 1.29 is 9.53 Å². The van der Waals surface area contributed by atoms with Gasteiger partial charge in [-0.15, -0.1) is 0 Å². The van der Waals surface area contributed by atoms with Gasteiger partial charge < -0.3 is 9.72 Å². The number of rotatable bonds is 5. The van der Waals surface area contributed by atoms with Crippen LogP contribution >= 0.6 is 11.8 Å². The highest BCUT2D eigenvalue weighted by molar-refractivity contribution is 8.00. The number of thioether (sulfide) groups is 1. The van der Waals surface area contributed by atoms with E-state index in [0.717, 1.165) is 0 Å². The van der Waals surface area contributed by atoms with E-state index in [-0.39, 0.29) is 16.8 Å². The van der Waals surface area contributed by atoms with Crippen LogP contribution in [0.25, 0.3) is 0 Å². The van der Waals surface area contributed by atoms with E-state index in [1.54, 1.807) is 20.8 Å². The average Bonchev–Trinajstić information content (AvgIpc) is 2.28. The van der Waals surface area contributed by atoms with Gasteiger partial charge >= 0.3 is 5.97 Å². The third kappa shape index (κ3) is 3.60. The van der Waals surface area contributed by atoms with Crippen molar-refractivity contribution in [2.45, 2.75) is 44.5 Å². The molecule has 0 bridgehead atoms. The molecule has 1 aromatic rings. The van der Waals surface area contributed by atoms with E-state index in [1.165, 1.54) is 11.8 Å². The molecule has 0 aliphatic heterocycles. The van der Waals surface area contributed by atoms with Gasteiger partial charge in [-0.3, -0.25) is 9.59 Å². The Hall–Kier alpha value is -1.30. The van der Waals surface area contributed by atoms with Gasteiger partial charge in [0.15, 0.2) is 5.16 Å². The lowest BCUT2D eigenvalue weighted by Crippen LogP contribution is -2.20. The molecule has 5 nitrogen and oxygen atoms in total. The smallest absolute Gasteiger partial charge is 0.319 e. The van der Waals surface area contributed by atoms with E-state index in [0.29, 0.717) is 29.4 Å². The molecule has 0 radical (unpaired) electrons. The Morgan fingerprint density at radius 2 is 2.17 bits per heavy atom. The number of carbonyl (C=O) groups is 1. The molecule has 1 heterocycles. The highest BCUT2D eigenvalue weighted by Gasteiger charge is 2.17. The molecule has 0 fully saturated rings. The first-order valence-electron chi connectivity index (χ1n) is 5.92. The second-order valence-corrected chi connectivity index (χ2v) is 5.13. The number of aromatic nitrogens is 2. The highest BCUT2D eigenvalue weighted by atomic mass is 32.2. The Bertz CT molecular complexity index is 485. The number of aromatic amines is 1. The zero-order valence-electron chi connectivity index (χ0n) is 11.1. The topological polar surface area (TPSA) is 72.0 Å². The fraction of sp³-hybridized carbons (Fsp3) is 0.583. The molecule has 18 heavy (non-hydrogen) atoms. The van der Waals surface area contributed by atoms with Crippen LogP contribution in [0, 0.1) is 6.92 Å². The number of esters is 1. The molecular formula is C12H18N2O3S. The molecule has 1 N–H and O–H groups in total. The molecule has 0 aromatic carbocycles. The molecule has 0 saturated carbocycles. The van der Waals surface area contributed by atoms with Crippen LogP contribution in [-0.2, 0) is 16.0 Å². The molecule has 1 aromatic heterocycles. The van der Waals surface area contributed by atoms with E-state index in [4.69, 9.17) is 4.74 Å². The summed E-state index contributed by atoms with van der Waals surface area (Å²) in [6.07, 6.45) is 0.645. The van der Waals surface area contributed by atoms with Crippen molar-refractivity contribution in [1.29, 1.82) is 0 Å². The van der Waals surface area contributed by atoms with Gasteiger partial charge in [-0.1, -0.05) is 18.7 Å². The predicted octanol–water partition coefficient (Wildman–Crippen LogP) is 1.68. The lowest BCUT2D eigenvalue weighted by atomic mass is 10.2. The second kappa shape index (κ2) is 6.58. The monoisotopic (exact) mass is 270 g/mol. The first-order chi connectivity index (χ1) is 8.49. The number of nitrogens with one attached hydrogen (secondary N) is 1. The van der Waals surface area contributed by atoms with E-state index >= 15 is 0 Å². The Morgan fingerprint density at radius 1 is 1.50 bits per heavy atom. The number of ether oxygens (including phenoxy) is 1. The maximum Gasteiger partial charge on any atom is 0.319 e. The van der Waals surface area contributed by atoms with Crippen molar-refractivity contribution in [2.24, 2.45) is 0 Å². The van der Waals surface area contributed by atoms with Gasteiger partial charge in [0.1, 0.15) is 5.25 Å². The second-order valence-electron chi connectivity index (χ2n) is 3.80. The van der Waals surface area contributed by atoms with Crippen molar-refractivity contribution in [2.75, 3.05) is 6.61 Å². The minimum Gasteiger partial charge on any atom is -0.465 e. The number of H-pyrrole nitrogens is 1. The summed E-state index contributed by atoms with van der Waals surface area (Å²) in [5.74, 6) is -0.303. The standard InChI is InChI=1S/C12H18N2O3S/c1-5-9-7(3)13-12(14-10(9)15)18-8(4)11(16)17-6-2/h8H,5-6H2,1-4H3,(H,13,14,15)/t8-/m1/s1. The Morgan fingerprint density at radius 3 is 2.67 bits per heavy atom. The molecule has 6 heteroatoms. The summed E-state index contributed by atoms with van der Waals surface area (Å²) in [6, 6.07) is 0. The van der Waals surface area contributed by atoms with Gasteiger partial charge in [0.25, 0.3) is 5.56 Å². The number of carbonyl (C=O) groups excluding carboxylic acids is 1. The predicted molar refractivity (Wildman–Crippen MR) is 70.9 cm³/mol. The third-order valence-corrected chi connectivity index (χ3v) is 3.42. The summed E-state index contributed by atoms with van der Waals surface area (Å²) in [7, 11) is 0. The van der Waals surface area contributed by atoms with Crippen molar-refractivity contribution in [1.82, 2.24) is 9.97 Å². The molecule has 1 rings (SSSR count). The Labute approximate surface area is 110 Å². The summed E-state index contributed by atoms with van der Waals surface area (Å²) in [5, 5.41) is 0.0650. The van der Waals surface area contributed by atoms with Crippen LogP contribution in [0.1, 0.15) is 32.0 Å². The van der Waals surface area contributed by atoms with Crippen molar-refractivity contribution in [3.63, 3.8) is 0 Å². The minimum atomic E-state index is -0.389. The molecule has 100 valence electrons. The van der Waals surface area contributed by atoms with E-state index < -0.39 is 0 Å². The summed E-state index contributed by atoms with van der Waals surface area (Å²) < 4.78 is 4.90. The Kier molecular flexibility index (Phi) is 5.40. The zero-order chi connectivity index (χ0) is 13.7. The largest absolute Gasteiger partial charge is 0.465 e. The van der Waals surface area contributed by atoms with Crippen LogP contribution in [0.4, 0.5) is 0 Å². The normalized spacial score (nSPS) is 12.2. The quantitative estimate of drug-likeness (QED) is 0.501. The highest BCUT2D eigenvalue weighted by Crippen LogP contribution is 2.20. The number of aryl methyl sites for hydroxylation is 1. The maximum atomic E-state index is 11.7. The van der Waals surface area contributed by atoms with Gasteiger partial charge in [0.05, 0.1) is 6.61 Å². The maximum absolute atomic E-state index is 11.7. The van der Waals surface area contributed by atoms with Crippen LogP contribution in [0.15, 0.2) is 9.95 Å². The summed E-state index contributed by atoms with van der Waals surface area (Å²) >= 11 is 1.20. The van der Waals surface area contributed by atoms with Crippen LogP contribution in [0.3, 0.4) is 0 Å². The fourth-order valence-corrected chi connectivity index (χ4v) is 2.37. The zero-order valence-corrected chi connectivity index (χ0v) is 11.9. The van der Waals surface area contributed by atoms with Crippen LogP contribution < -0.4 is 5.56 Å². The molecule has 0 spiro atoms. The molecule has 0 aliphatic carbocycles. The summed E-state index contributed by atoms with van der Waals surface area (Å²) in [6.45, 7) is 7.54. The SMILES string of the molecule is CCOC(=O)[C@@H](C)Sc1nc(C)c(CC)c(=O)[nH]1. The molecule has 1 atom stereocenters. The molecule has 0 unspecified atom stereocenters. The van der Waals surface area contributed by atoms with E-state index in [9.17, 15) is 9.59 Å². The average molecular weight is 270 g/mol. The van der Waals surface area contributed by atoms with Gasteiger partial charge in [-0.05, 0) is 27.2 Å². The minimum absolute atomic E-state index is 0.136. The number of hydrogen-bond donors (Lipinski definition) is 1. The van der Waals surface area contributed by atoms with Gasteiger partial charge in [0.2, 0.25) is 0 Å². The van der Waals surface area contributed by atoms with Gasteiger partial charge in [-0.2, -0.15) is 0 Å². The molecule has 0 aliphatic rings. The van der Waals surface area contributed by atoms with Gasteiger partial charge in [0, 0.05) is 11.3 Å². The first-order valence-corrected chi connectivity index (χ1v) is 6.80. The van der Waals surface area contributed by atoms with Crippen molar-refractivity contribution >= 4 is 17.7 Å². The molecule has 0 amide bonds. The summed E-state index contributed by atoms with van der Waals surface area (Å²) in [5.41, 5.74) is 1.26. The van der Waals surface area contributed by atoms with Gasteiger partial charge in [-0.25, -0.2) is 4.98 Å². The van der Waals surface area contributed by atoms with Crippen LogP contribution in [0.5, 0.6) is 0 Å². The van der Waals surface area contributed by atoms with E-state index in [1.807, 2.05) is 6.92 Å². The fourth-order valence-electron chi connectivity index (χ4n) is 1.53. The molecular weight excluding hydrogens is 252 g/mol. The van der Waals surface area contributed by atoms with Crippen LogP contribution in [-0.4, -0.2) is 27.8 Å². The first kappa shape index (κ1) is 14.8. The number of hydrogen-bond acceptors (Lipinski definition) is 5. The third-order valence-electron chi connectivity index (χ3n) is 2.46.